The van der Waals surface area contributed by atoms with Crippen molar-refractivity contribution in [2.75, 3.05) is 7.11 Å². The minimum absolute atomic E-state index is 0.0712. The Labute approximate surface area is 181 Å². The third kappa shape index (κ3) is 5.26. The van der Waals surface area contributed by atoms with Gasteiger partial charge in [-0.05, 0) is 48.5 Å². The Morgan fingerprint density at radius 1 is 0.903 bits per heavy atom. The number of hydrogen-bond acceptors (Lipinski definition) is 9. The first-order valence-corrected chi connectivity index (χ1v) is 9.69. The van der Waals surface area contributed by atoms with Gasteiger partial charge in [0.25, 0.3) is 5.89 Å². The van der Waals surface area contributed by atoms with Crippen LogP contribution in [0.5, 0.6) is 5.75 Å². The van der Waals surface area contributed by atoms with Gasteiger partial charge in [-0.2, -0.15) is 9.97 Å². The van der Waals surface area contributed by atoms with Gasteiger partial charge in [0.05, 0.1) is 13.5 Å². The maximum atomic E-state index is 12.0. The van der Waals surface area contributed by atoms with Crippen LogP contribution in [0, 0.1) is 0 Å². The molecule has 0 atom stereocenters. The summed E-state index contributed by atoms with van der Waals surface area (Å²) in [5.41, 5.74) is 1.53. The molecule has 0 aliphatic rings. The molecule has 0 spiro atoms. The van der Waals surface area contributed by atoms with Crippen LogP contribution in [0.25, 0.3) is 22.8 Å². The average molecular weight is 441 g/mol. The Hall–Kier alpha value is -3.72. The summed E-state index contributed by atoms with van der Waals surface area (Å²) in [6.45, 7) is -0.123. The highest BCUT2D eigenvalue weighted by Crippen LogP contribution is 2.21. The fraction of sp³-hybridized carbons (Fsp3) is 0.190. The molecule has 0 aliphatic heterocycles. The molecule has 0 bridgehead atoms. The molecule has 0 saturated carbocycles. The number of nitrogens with zero attached hydrogens (tertiary/aromatic N) is 4. The summed E-state index contributed by atoms with van der Waals surface area (Å²) in [5, 5.41) is 8.42. The highest BCUT2D eigenvalue weighted by atomic mass is 35.5. The van der Waals surface area contributed by atoms with Crippen molar-refractivity contribution >= 4 is 17.6 Å². The summed E-state index contributed by atoms with van der Waals surface area (Å²) in [6, 6.07) is 14.3. The van der Waals surface area contributed by atoms with E-state index < -0.39 is 5.97 Å². The summed E-state index contributed by atoms with van der Waals surface area (Å²) < 4.78 is 20.6. The van der Waals surface area contributed by atoms with E-state index in [1.54, 1.807) is 43.5 Å². The van der Waals surface area contributed by atoms with Crippen molar-refractivity contribution in [2.24, 2.45) is 0 Å². The van der Waals surface area contributed by atoms with Crippen molar-refractivity contribution in [3.63, 3.8) is 0 Å². The smallest absolute Gasteiger partial charge is 0.306 e. The Kier molecular flexibility index (Phi) is 6.23. The number of hydrogen-bond donors (Lipinski definition) is 0. The van der Waals surface area contributed by atoms with Gasteiger partial charge in [-0.3, -0.25) is 4.79 Å². The molecule has 10 heteroatoms. The van der Waals surface area contributed by atoms with Gasteiger partial charge in [0.2, 0.25) is 17.5 Å². The van der Waals surface area contributed by atoms with Crippen LogP contribution < -0.4 is 4.74 Å². The summed E-state index contributed by atoms with van der Waals surface area (Å²) >= 11 is 5.87. The Bertz CT molecular complexity index is 1160. The number of esters is 1. The molecule has 0 unspecified atom stereocenters. The molecule has 0 fully saturated rings. The van der Waals surface area contributed by atoms with E-state index in [1.807, 2.05) is 12.1 Å². The summed E-state index contributed by atoms with van der Waals surface area (Å²) in [5.74, 6) is 1.63. The number of carbonyl (C=O) groups excluding carboxylic acids is 1. The second kappa shape index (κ2) is 9.40. The number of halogens is 1. The molecule has 0 amide bonds. The van der Waals surface area contributed by atoms with E-state index in [-0.39, 0.29) is 25.3 Å². The number of aryl methyl sites for hydroxylation is 1. The van der Waals surface area contributed by atoms with Crippen LogP contribution in [0.15, 0.2) is 57.6 Å². The first kappa shape index (κ1) is 20.5. The lowest BCUT2D eigenvalue weighted by Crippen LogP contribution is -2.06. The van der Waals surface area contributed by atoms with E-state index in [1.165, 1.54) is 0 Å². The molecule has 158 valence electrons. The topological polar surface area (TPSA) is 113 Å². The summed E-state index contributed by atoms with van der Waals surface area (Å²) in [4.78, 5) is 20.5. The molecule has 0 radical (unpaired) electrons. The zero-order valence-electron chi connectivity index (χ0n) is 16.4. The van der Waals surface area contributed by atoms with E-state index in [0.29, 0.717) is 22.6 Å². The molecule has 0 N–H and O–H groups in total. The average Bonchev–Trinajstić information content (AvgIpc) is 3.47. The van der Waals surface area contributed by atoms with E-state index in [2.05, 4.69) is 20.3 Å². The number of aromatic nitrogens is 4. The van der Waals surface area contributed by atoms with Crippen molar-refractivity contribution in [3.8, 4) is 28.5 Å². The molecule has 2 heterocycles. The molecular weight excluding hydrogens is 424 g/mol. The maximum Gasteiger partial charge on any atom is 0.306 e. The highest BCUT2D eigenvalue weighted by molar-refractivity contribution is 6.30. The predicted octanol–water partition coefficient (Wildman–Crippen LogP) is 4.12. The normalized spacial score (nSPS) is 10.8. The number of rotatable bonds is 8. The standard InChI is InChI=1S/C21H17ClN4O5/c1-28-16-8-4-14(5-9-16)21-24-18(31-26-21)12-29-19(27)11-10-17-23-20(25-30-17)13-2-6-15(22)7-3-13/h2-9H,10-12H2,1H3. The predicted molar refractivity (Wildman–Crippen MR) is 109 cm³/mol. The SMILES string of the molecule is COc1ccc(-c2noc(COC(=O)CCc3nc(-c4ccc(Cl)cc4)no3)n2)cc1. The van der Waals surface area contributed by atoms with Crippen LogP contribution in [0.2, 0.25) is 5.02 Å². The zero-order valence-corrected chi connectivity index (χ0v) is 17.2. The van der Waals surface area contributed by atoms with Crippen LogP contribution in [-0.2, 0) is 22.6 Å². The van der Waals surface area contributed by atoms with Crippen molar-refractivity contribution in [1.82, 2.24) is 20.3 Å². The quantitative estimate of drug-likeness (QED) is 0.373. The maximum absolute atomic E-state index is 12.0. The van der Waals surface area contributed by atoms with Crippen molar-refractivity contribution < 1.29 is 23.3 Å². The number of benzene rings is 2. The molecule has 4 aromatic rings. The second-order valence-corrected chi connectivity index (χ2v) is 6.86. The fourth-order valence-electron chi connectivity index (χ4n) is 2.67. The first-order valence-electron chi connectivity index (χ1n) is 9.32. The van der Waals surface area contributed by atoms with Crippen LogP contribution in [-0.4, -0.2) is 33.4 Å². The number of carbonyl (C=O) groups is 1. The van der Waals surface area contributed by atoms with Gasteiger partial charge in [-0.25, -0.2) is 0 Å². The second-order valence-electron chi connectivity index (χ2n) is 6.42. The largest absolute Gasteiger partial charge is 0.497 e. The van der Waals surface area contributed by atoms with Gasteiger partial charge < -0.3 is 18.5 Å². The van der Waals surface area contributed by atoms with Gasteiger partial charge in [-0.15, -0.1) is 0 Å². The lowest BCUT2D eigenvalue weighted by molar-refractivity contribution is -0.145. The Morgan fingerprint density at radius 2 is 1.48 bits per heavy atom. The summed E-state index contributed by atoms with van der Waals surface area (Å²) in [7, 11) is 1.59. The molecule has 31 heavy (non-hydrogen) atoms. The van der Waals surface area contributed by atoms with Gasteiger partial charge in [0.1, 0.15) is 5.75 Å². The zero-order chi connectivity index (χ0) is 21.6. The van der Waals surface area contributed by atoms with E-state index in [0.717, 1.165) is 16.9 Å². The van der Waals surface area contributed by atoms with Crippen LogP contribution in [0.3, 0.4) is 0 Å². The third-order valence-corrected chi connectivity index (χ3v) is 4.54. The van der Waals surface area contributed by atoms with E-state index >= 15 is 0 Å². The molecule has 4 rings (SSSR count). The third-order valence-electron chi connectivity index (χ3n) is 4.29. The molecule has 0 saturated heterocycles. The lowest BCUT2D eigenvalue weighted by atomic mass is 10.2. The van der Waals surface area contributed by atoms with Gasteiger partial charge >= 0.3 is 5.97 Å². The van der Waals surface area contributed by atoms with Gasteiger partial charge in [-0.1, -0.05) is 21.9 Å². The van der Waals surface area contributed by atoms with Gasteiger partial charge in [0.15, 0.2) is 6.61 Å². The Morgan fingerprint density at radius 3 is 2.13 bits per heavy atom. The first-order chi connectivity index (χ1) is 15.1. The Balaban J connectivity index is 1.26. The van der Waals surface area contributed by atoms with Crippen LogP contribution >= 0.6 is 11.6 Å². The molecule has 9 nitrogen and oxygen atoms in total. The van der Waals surface area contributed by atoms with Gasteiger partial charge in [0, 0.05) is 22.6 Å². The monoisotopic (exact) mass is 440 g/mol. The van der Waals surface area contributed by atoms with Crippen molar-refractivity contribution in [1.29, 1.82) is 0 Å². The molecule has 2 aromatic carbocycles. The number of ether oxygens (including phenoxy) is 2. The van der Waals surface area contributed by atoms with Crippen LogP contribution in [0.1, 0.15) is 18.2 Å². The highest BCUT2D eigenvalue weighted by Gasteiger charge is 2.14. The minimum Gasteiger partial charge on any atom is -0.497 e. The van der Waals surface area contributed by atoms with E-state index in [4.69, 9.17) is 30.1 Å². The number of methoxy groups -OCH3 is 1. The molecule has 2 aromatic heterocycles. The van der Waals surface area contributed by atoms with Crippen LogP contribution in [0.4, 0.5) is 0 Å². The fourth-order valence-corrected chi connectivity index (χ4v) is 2.79. The summed E-state index contributed by atoms with van der Waals surface area (Å²) in [6.07, 6.45) is 0.322. The minimum atomic E-state index is -0.449. The van der Waals surface area contributed by atoms with Crippen molar-refractivity contribution in [3.05, 3.63) is 65.3 Å². The molecular formula is C21H17ClN4O5. The van der Waals surface area contributed by atoms with E-state index in [9.17, 15) is 4.79 Å². The molecule has 0 aliphatic carbocycles. The van der Waals surface area contributed by atoms with Crippen molar-refractivity contribution in [2.45, 2.75) is 19.4 Å². The lowest BCUT2D eigenvalue weighted by Gasteiger charge is -2.00.